The summed E-state index contributed by atoms with van der Waals surface area (Å²) >= 11 is 0. The molecule has 3 atom stereocenters. The molecule has 1 aliphatic rings. The minimum absolute atomic E-state index is 0.413. The molecule has 0 aromatic heterocycles. The SMILES string of the molecule is CCOCC(NC1CCOC(C(C)C)C1)C(C)C. The smallest absolute Gasteiger partial charge is 0.0622 e. The Morgan fingerprint density at radius 2 is 2.00 bits per heavy atom. The predicted octanol–water partition coefficient (Wildman–Crippen LogP) is 2.84. The molecule has 0 saturated carbocycles. The van der Waals surface area contributed by atoms with Gasteiger partial charge in [-0.3, -0.25) is 0 Å². The Morgan fingerprint density at radius 1 is 1.28 bits per heavy atom. The molecule has 0 radical (unpaired) electrons. The van der Waals surface area contributed by atoms with E-state index >= 15 is 0 Å². The largest absolute Gasteiger partial charge is 0.380 e. The van der Waals surface area contributed by atoms with E-state index in [1.807, 2.05) is 0 Å². The highest BCUT2D eigenvalue weighted by atomic mass is 16.5. The Balaban J connectivity index is 2.42. The fourth-order valence-electron chi connectivity index (χ4n) is 2.42. The van der Waals surface area contributed by atoms with Gasteiger partial charge in [0.2, 0.25) is 0 Å². The van der Waals surface area contributed by atoms with Crippen molar-refractivity contribution in [2.75, 3.05) is 19.8 Å². The van der Waals surface area contributed by atoms with Gasteiger partial charge >= 0.3 is 0 Å². The fraction of sp³-hybridized carbons (Fsp3) is 1.00. The van der Waals surface area contributed by atoms with Crippen LogP contribution in [0.4, 0.5) is 0 Å². The molecule has 1 saturated heterocycles. The summed E-state index contributed by atoms with van der Waals surface area (Å²) < 4.78 is 11.4. The van der Waals surface area contributed by atoms with Crippen molar-refractivity contribution in [3.8, 4) is 0 Å². The molecule has 0 aromatic carbocycles. The summed E-state index contributed by atoms with van der Waals surface area (Å²) in [5, 5.41) is 3.77. The maximum absolute atomic E-state index is 5.82. The lowest BCUT2D eigenvalue weighted by molar-refractivity contribution is -0.0291. The Bertz CT molecular complexity index is 219. The Kier molecular flexibility index (Phi) is 7.20. The third kappa shape index (κ3) is 5.25. The van der Waals surface area contributed by atoms with Gasteiger partial charge in [-0.25, -0.2) is 0 Å². The van der Waals surface area contributed by atoms with E-state index in [1.54, 1.807) is 0 Å². The van der Waals surface area contributed by atoms with Crippen molar-refractivity contribution >= 4 is 0 Å². The highest BCUT2D eigenvalue weighted by Gasteiger charge is 2.27. The first kappa shape index (κ1) is 15.9. The van der Waals surface area contributed by atoms with Crippen molar-refractivity contribution in [1.82, 2.24) is 5.32 Å². The van der Waals surface area contributed by atoms with Gasteiger partial charge in [0.25, 0.3) is 0 Å². The molecule has 18 heavy (non-hydrogen) atoms. The average Bonchev–Trinajstić information content (AvgIpc) is 2.34. The first-order valence-corrected chi connectivity index (χ1v) is 7.50. The molecular weight excluding hydrogens is 226 g/mol. The second kappa shape index (κ2) is 8.13. The summed E-state index contributed by atoms with van der Waals surface area (Å²) in [6.07, 6.45) is 2.67. The maximum Gasteiger partial charge on any atom is 0.0622 e. The Labute approximate surface area is 113 Å². The number of nitrogens with one attached hydrogen (secondary N) is 1. The molecule has 1 heterocycles. The Morgan fingerprint density at radius 3 is 2.56 bits per heavy atom. The lowest BCUT2D eigenvalue weighted by Crippen LogP contribution is -2.48. The van der Waals surface area contributed by atoms with Crippen LogP contribution in [0, 0.1) is 11.8 Å². The van der Waals surface area contributed by atoms with Crippen molar-refractivity contribution in [2.24, 2.45) is 11.8 Å². The van der Waals surface area contributed by atoms with Gasteiger partial charge in [0, 0.05) is 25.3 Å². The zero-order valence-electron chi connectivity index (χ0n) is 12.7. The zero-order chi connectivity index (χ0) is 13.5. The van der Waals surface area contributed by atoms with Crippen LogP contribution >= 0.6 is 0 Å². The number of rotatable bonds is 7. The highest BCUT2D eigenvalue weighted by Crippen LogP contribution is 2.21. The number of ether oxygens (including phenoxy) is 2. The lowest BCUT2D eigenvalue weighted by Gasteiger charge is -2.35. The van der Waals surface area contributed by atoms with Gasteiger partial charge in [0.05, 0.1) is 12.7 Å². The minimum atomic E-state index is 0.413. The zero-order valence-corrected chi connectivity index (χ0v) is 12.7. The molecule has 3 heteroatoms. The van der Waals surface area contributed by atoms with Gasteiger partial charge in [-0.2, -0.15) is 0 Å². The monoisotopic (exact) mass is 257 g/mol. The maximum atomic E-state index is 5.82. The lowest BCUT2D eigenvalue weighted by atomic mass is 9.93. The van der Waals surface area contributed by atoms with Crippen molar-refractivity contribution < 1.29 is 9.47 Å². The molecule has 1 rings (SSSR count). The highest BCUT2D eigenvalue weighted by molar-refractivity contribution is 4.82. The summed E-state index contributed by atoms with van der Waals surface area (Å²) in [4.78, 5) is 0. The topological polar surface area (TPSA) is 30.5 Å². The van der Waals surface area contributed by atoms with Crippen LogP contribution in [0.15, 0.2) is 0 Å². The summed E-state index contributed by atoms with van der Waals surface area (Å²) in [7, 11) is 0. The van der Waals surface area contributed by atoms with Crippen LogP contribution in [0.1, 0.15) is 47.5 Å². The fourth-order valence-corrected chi connectivity index (χ4v) is 2.42. The van der Waals surface area contributed by atoms with E-state index in [9.17, 15) is 0 Å². The van der Waals surface area contributed by atoms with Crippen LogP contribution in [-0.4, -0.2) is 38.0 Å². The number of hydrogen-bond donors (Lipinski definition) is 1. The van der Waals surface area contributed by atoms with Crippen molar-refractivity contribution in [1.29, 1.82) is 0 Å². The van der Waals surface area contributed by atoms with E-state index in [0.717, 1.165) is 32.7 Å². The molecule has 1 N–H and O–H groups in total. The Hall–Kier alpha value is -0.120. The van der Waals surface area contributed by atoms with Crippen LogP contribution in [0.25, 0.3) is 0 Å². The minimum Gasteiger partial charge on any atom is -0.380 e. The molecule has 1 fully saturated rings. The van der Waals surface area contributed by atoms with Crippen LogP contribution in [0.5, 0.6) is 0 Å². The second-order valence-electron chi connectivity index (χ2n) is 6.05. The summed E-state index contributed by atoms with van der Waals surface area (Å²) in [6.45, 7) is 13.6. The van der Waals surface area contributed by atoms with E-state index in [1.165, 1.54) is 0 Å². The standard InChI is InChI=1S/C15H31NO2/c1-6-17-10-14(11(2)3)16-13-7-8-18-15(9-13)12(4)5/h11-16H,6-10H2,1-5H3. The normalized spacial score (nSPS) is 26.8. The van der Waals surface area contributed by atoms with E-state index in [4.69, 9.17) is 9.47 Å². The molecule has 0 bridgehead atoms. The van der Waals surface area contributed by atoms with Gasteiger partial charge in [-0.1, -0.05) is 27.7 Å². The average molecular weight is 257 g/mol. The first-order valence-electron chi connectivity index (χ1n) is 7.50. The van der Waals surface area contributed by atoms with E-state index < -0.39 is 0 Å². The van der Waals surface area contributed by atoms with Gasteiger partial charge in [-0.05, 0) is 31.6 Å². The van der Waals surface area contributed by atoms with Gasteiger partial charge in [-0.15, -0.1) is 0 Å². The molecular formula is C15H31NO2. The molecule has 3 nitrogen and oxygen atoms in total. The van der Waals surface area contributed by atoms with E-state index in [-0.39, 0.29) is 0 Å². The quantitative estimate of drug-likeness (QED) is 0.761. The van der Waals surface area contributed by atoms with E-state index in [2.05, 4.69) is 39.9 Å². The molecule has 108 valence electrons. The van der Waals surface area contributed by atoms with E-state index in [0.29, 0.717) is 30.0 Å². The molecule has 3 unspecified atom stereocenters. The van der Waals surface area contributed by atoms with Crippen LogP contribution < -0.4 is 5.32 Å². The third-order valence-electron chi connectivity index (χ3n) is 3.81. The molecule has 0 aliphatic carbocycles. The molecule has 0 spiro atoms. The van der Waals surface area contributed by atoms with Crippen LogP contribution in [-0.2, 0) is 9.47 Å². The molecule has 0 aromatic rings. The number of hydrogen-bond acceptors (Lipinski definition) is 3. The summed E-state index contributed by atoms with van der Waals surface area (Å²) in [5.74, 6) is 1.22. The van der Waals surface area contributed by atoms with Crippen LogP contribution in [0.3, 0.4) is 0 Å². The third-order valence-corrected chi connectivity index (χ3v) is 3.81. The second-order valence-corrected chi connectivity index (χ2v) is 6.05. The summed E-state index contributed by atoms with van der Waals surface area (Å²) in [5.41, 5.74) is 0. The molecule has 0 amide bonds. The molecule has 1 aliphatic heterocycles. The van der Waals surface area contributed by atoms with Gasteiger partial charge < -0.3 is 14.8 Å². The van der Waals surface area contributed by atoms with Crippen molar-refractivity contribution in [2.45, 2.75) is 65.6 Å². The summed E-state index contributed by atoms with van der Waals surface area (Å²) in [6, 6.07) is 1.04. The van der Waals surface area contributed by atoms with Crippen molar-refractivity contribution in [3.63, 3.8) is 0 Å². The van der Waals surface area contributed by atoms with Crippen LogP contribution in [0.2, 0.25) is 0 Å². The first-order chi connectivity index (χ1) is 8.54. The van der Waals surface area contributed by atoms with Gasteiger partial charge in [0.1, 0.15) is 0 Å². The van der Waals surface area contributed by atoms with Crippen molar-refractivity contribution in [3.05, 3.63) is 0 Å². The van der Waals surface area contributed by atoms with Gasteiger partial charge in [0.15, 0.2) is 0 Å². The predicted molar refractivity (Wildman–Crippen MR) is 75.9 cm³/mol.